The first kappa shape index (κ1) is 12.9. The molecule has 0 aromatic heterocycles. The zero-order valence-corrected chi connectivity index (χ0v) is 11.2. The molecule has 0 fully saturated rings. The van der Waals surface area contributed by atoms with E-state index in [-0.39, 0.29) is 18.5 Å². The first-order chi connectivity index (χ1) is 9.81. The maximum absolute atomic E-state index is 12.4. The summed E-state index contributed by atoms with van der Waals surface area (Å²) in [6.07, 6.45) is 0.868. The number of hydrogen-bond donors (Lipinski definition) is 1. The summed E-state index contributed by atoms with van der Waals surface area (Å²) in [5, 5.41) is 0. The van der Waals surface area contributed by atoms with E-state index in [0.29, 0.717) is 6.54 Å². The summed E-state index contributed by atoms with van der Waals surface area (Å²) >= 11 is 0. The van der Waals surface area contributed by atoms with Crippen LogP contribution in [0.1, 0.15) is 28.2 Å². The third-order valence-electron chi connectivity index (χ3n) is 3.71. The van der Waals surface area contributed by atoms with E-state index in [2.05, 4.69) is 12.1 Å². The van der Waals surface area contributed by atoms with Gasteiger partial charge in [0.25, 0.3) is 0 Å². The average molecular weight is 267 g/mol. The fraction of sp³-hybridized carbons (Fsp3) is 0.235. The zero-order chi connectivity index (χ0) is 13.9. The Morgan fingerprint density at radius 1 is 1.05 bits per heavy atom. The molecule has 0 spiro atoms. The van der Waals surface area contributed by atoms with Crippen LogP contribution in [0, 0.1) is 0 Å². The lowest BCUT2D eigenvalue weighted by Gasteiger charge is -2.27. The summed E-state index contributed by atoms with van der Waals surface area (Å²) < 4.78 is 5.28. The summed E-state index contributed by atoms with van der Waals surface area (Å²) in [6.45, 7) is 0.613. The minimum atomic E-state index is -0.331. The molecule has 3 heteroatoms. The standard InChI is InChI=1S/C17H17NO2/c18-9-10-20-17(19)16-14-7-3-1-5-12(14)11-13-6-2-4-8-15(13)16/h1-8,16H,9-11,18H2. The van der Waals surface area contributed by atoms with Crippen LogP contribution in [0.5, 0.6) is 0 Å². The lowest BCUT2D eigenvalue weighted by atomic mass is 9.78. The highest BCUT2D eigenvalue weighted by atomic mass is 16.5. The van der Waals surface area contributed by atoms with E-state index in [0.717, 1.165) is 17.5 Å². The number of esters is 1. The maximum Gasteiger partial charge on any atom is 0.317 e. The summed E-state index contributed by atoms with van der Waals surface area (Å²) in [7, 11) is 0. The molecular formula is C17H17NO2. The Balaban J connectivity index is 2.05. The van der Waals surface area contributed by atoms with Gasteiger partial charge in [-0.1, -0.05) is 48.5 Å². The predicted molar refractivity (Wildman–Crippen MR) is 77.5 cm³/mol. The molecule has 0 heterocycles. The Kier molecular flexibility index (Phi) is 3.52. The molecule has 0 saturated carbocycles. The highest BCUT2D eigenvalue weighted by Crippen LogP contribution is 2.37. The van der Waals surface area contributed by atoms with Crippen molar-refractivity contribution < 1.29 is 9.53 Å². The topological polar surface area (TPSA) is 52.3 Å². The van der Waals surface area contributed by atoms with Gasteiger partial charge in [-0.05, 0) is 28.7 Å². The fourth-order valence-corrected chi connectivity index (χ4v) is 2.82. The molecule has 102 valence electrons. The Hall–Kier alpha value is -2.13. The molecule has 1 aliphatic rings. The summed E-state index contributed by atoms with van der Waals surface area (Å²) in [5.74, 6) is -0.544. The Morgan fingerprint density at radius 3 is 2.15 bits per heavy atom. The highest BCUT2D eigenvalue weighted by molar-refractivity contribution is 5.84. The van der Waals surface area contributed by atoms with Crippen molar-refractivity contribution in [3.63, 3.8) is 0 Å². The van der Waals surface area contributed by atoms with Gasteiger partial charge >= 0.3 is 5.97 Å². The summed E-state index contributed by atoms with van der Waals surface area (Å²) in [5.41, 5.74) is 9.91. The van der Waals surface area contributed by atoms with Crippen LogP contribution >= 0.6 is 0 Å². The van der Waals surface area contributed by atoms with Crippen LogP contribution in [-0.2, 0) is 16.0 Å². The normalized spacial score (nSPS) is 13.4. The first-order valence-corrected chi connectivity index (χ1v) is 6.83. The molecule has 0 aliphatic heterocycles. The third kappa shape index (κ3) is 2.21. The zero-order valence-electron chi connectivity index (χ0n) is 11.2. The lowest BCUT2D eigenvalue weighted by molar-refractivity contribution is -0.144. The van der Waals surface area contributed by atoms with Gasteiger partial charge < -0.3 is 10.5 Å². The number of carbonyl (C=O) groups excluding carboxylic acids is 1. The minimum Gasteiger partial charge on any atom is -0.464 e. The Morgan fingerprint density at radius 2 is 1.60 bits per heavy atom. The van der Waals surface area contributed by atoms with Gasteiger partial charge in [0.1, 0.15) is 12.5 Å². The fourth-order valence-electron chi connectivity index (χ4n) is 2.82. The smallest absolute Gasteiger partial charge is 0.317 e. The Labute approximate surface area is 118 Å². The van der Waals surface area contributed by atoms with Gasteiger partial charge in [0, 0.05) is 6.54 Å². The van der Waals surface area contributed by atoms with E-state index in [1.54, 1.807) is 0 Å². The van der Waals surface area contributed by atoms with Crippen molar-refractivity contribution in [3.05, 3.63) is 70.8 Å². The molecule has 3 nitrogen and oxygen atoms in total. The summed E-state index contributed by atoms with van der Waals surface area (Å²) in [4.78, 5) is 12.4. The molecule has 3 rings (SSSR count). The van der Waals surface area contributed by atoms with Gasteiger partial charge in [-0.2, -0.15) is 0 Å². The van der Waals surface area contributed by atoms with Crippen molar-refractivity contribution in [1.82, 2.24) is 0 Å². The van der Waals surface area contributed by atoms with Gasteiger partial charge in [0.2, 0.25) is 0 Å². The molecule has 2 N–H and O–H groups in total. The molecule has 0 amide bonds. The van der Waals surface area contributed by atoms with Crippen LogP contribution in [0.2, 0.25) is 0 Å². The molecule has 0 unspecified atom stereocenters. The number of benzene rings is 2. The van der Waals surface area contributed by atoms with Gasteiger partial charge in [0.05, 0.1) is 0 Å². The number of rotatable bonds is 3. The van der Waals surface area contributed by atoms with E-state index < -0.39 is 0 Å². The van der Waals surface area contributed by atoms with Crippen molar-refractivity contribution in [2.45, 2.75) is 12.3 Å². The van der Waals surface area contributed by atoms with E-state index in [1.165, 1.54) is 11.1 Å². The molecule has 1 aliphatic carbocycles. The quantitative estimate of drug-likeness (QED) is 0.868. The number of hydrogen-bond acceptors (Lipinski definition) is 3. The van der Waals surface area contributed by atoms with Crippen molar-refractivity contribution in [3.8, 4) is 0 Å². The van der Waals surface area contributed by atoms with Crippen LogP contribution < -0.4 is 5.73 Å². The minimum absolute atomic E-state index is 0.213. The highest BCUT2D eigenvalue weighted by Gasteiger charge is 2.31. The number of nitrogens with two attached hydrogens (primary N) is 1. The third-order valence-corrected chi connectivity index (χ3v) is 3.71. The molecule has 0 bridgehead atoms. The molecule has 2 aromatic rings. The van der Waals surface area contributed by atoms with Gasteiger partial charge in [-0.25, -0.2) is 0 Å². The number of ether oxygens (including phenoxy) is 1. The van der Waals surface area contributed by atoms with Crippen LogP contribution in [-0.4, -0.2) is 19.1 Å². The van der Waals surface area contributed by atoms with Crippen molar-refractivity contribution in [1.29, 1.82) is 0 Å². The van der Waals surface area contributed by atoms with E-state index in [4.69, 9.17) is 10.5 Å². The first-order valence-electron chi connectivity index (χ1n) is 6.83. The van der Waals surface area contributed by atoms with Crippen LogP contribution in [0.25, 0.3) is 0 Å². The number of fused-ring (bicyclic) bond motifs is 2. The molecule has 0 radical (unpaired) electrons. The summed E-state index contributed by atoms with van der Waals surface area (Å²) in [6, 6.07) is 16.1. The van der Waals surface area contributed by atoms with E-state index >= 15 is 0 Å². The second-order valence-electron chi connectivity index (χ2n) is 4.96. The van der Waals surface area contributed by atoms with Crippen molar-refractivity contribution in [2.75, 3.05) is 13.2 Å². The molecule has 0 atom stereocenters. The van der Waals surface area contributed by atoms with Gasteiger partial charge in [0.15, 0.2) is 0 Å². The second kappa shape index (κ2) is 5.47. The van der Waals surface area contributed by atoms with Crippen LogP contribution in [0.4, 0.5) is 0 Å². The average Bonchev–Trinajstić information content (AvgIpc) is 2.50. The SMILES string of the molecule is NCCOC(=O)C1c2ccccc2Cc2ccccc21. The largest absolute Gasteiger partial charge is 0.464 e. The predicted octanol–water partition coefficient (Wildman–Crippen LogP) is 2.22. The van der Waals surface area contributed by atoms with Crippen LogP contribution in [0.3, 0.4) is 0 Å². The van der Waals surface area contributed by atoms with E-state index in [1.807, 2.05) is 36.4 Å². The molecule has 2 aromatic carbocycles. The van der Waals surface area contributed by atoms with Crippen molar-refractivity contribution in [2.24, 2.45) is 5.73 Å². The van der Waals surface area contributed by atoms with Gasteiger partial charge in [-0.3, -0.25) is 4.79 Å². The maximum atomic E-state index is 12.4. The lowest BCUT2D eigenvalue weighted by Crippen LogP contribution is -2.25. The Bertz CT molecular complexity index is 591. The molecule has 20 heavy (non-hydrogen) atoms. The van der Waals surface area contributed by atoms with Crippen molar-refractivity contribution >= 4 is 5.97 Å². The second-order valence-corrected chi connectivity index (χ2v) is 4.96. The van der Waals surface area contributed by atoms with Crippen LogP contribution in [0.15, 0.2) is 48.5 Å². The number of carbonyl (C=O) groups is 1. The molecular weight excluding hydrogens is 250 g/mol. The van der Waals surface area contributed by atoms with Gasteiger partial charge in [-0.15, -0.1) is 0 Å². The monoisotopic (exact) mass is 267 g/mol. The molecule has 0 saturated heterocycles. The van der Waals surface area contributed by atoms with E-state index in [9.17, 15) is 4.79 Å².